The molecule has 0 unspecified atom stereocenters. The zero-order chi connectivity index (χ0) is 18.7. The maximum absolute atomic E-state index is 13.7. The molecule has 6 heteroatoms. The van der Waals surface area contributed by atoms with E-state index in [2.05, 4.69) is 9.88 Å². The second kappa shape index (κ2) is 7.83. The first-order valence-electron chi connectivity index (χ1n) is 8.61. The molecule has 1 fully saturated rings. The van der Waals surface area contributed by atoms with Crippen molar-refractivity contribution in [3.63, 3.8) is 0 Å². The topological polar surface area (TPSA) is 50.3 Å². The van der Waals surface area contributed by atoms with Crippen molar-refractivity contribution < 1.29 is 18.4 Å². The monoisotopic (exact) mass is 358 g/mol. The number of likely N-dealkylation sites (tertiary alicyclic amines) is 1. The maximum atomic E-state index is 13.7. The van der Waals surface area contributed by atoms with Gasteiger partial charge in [-0.15, -0.1) is 0 Å². The van der Waals surface area contributed by atoms with Gasteiger partial charge in [-0.2, -0.15) is 0 Å². The van der Waals surface area contributed by atoms with Crippen molar-refractivity contribution >= 4 is 11.6 Å². The molecule has 0 radical (unpaired) electrons. The van der Waals surface area contributed by atoms with E-state index < -0.39 is 23.0 Å². The lowest BCUT2D eigenvalue weighted by atomic mass is 9.91. The molecule has 3 rings (SSSR count). The molecule has 136 valence electrons. The van der Waals surface area contributed by atoms with Crippen LogP contribution in [0.5, 0.6) is 0 Å². The zero-order valence-corrected chi connectivity index (χ0v) is 14.5. The predicted molar refractivity (Wildman–Crippen MR) is 93.2 cm³/mol. The maximum Gasteiger partial charge on any atom is 0.184 e. The highest BCUT2D eigenvalue weighted by molar-refractivity contribution is 5.98. The summed E-state index contributed by atoms with van der Waals surface area (Å²) in [5.41, 5.74) is 0.0663. The predicted octanol–water partition coefficient (Wildman–Crippen LogP) is 3.31. The first-order valence-corrected chi connectivity index (χ1v) is 8.61. The number of pyridine rings is 1. The number of hydrogen-bond acceptors (Lipinski definition) is 4. The lowest BCUT2D eigenvalue weighted by Gasteiger charge is -2.27. The third-order valence-electron chi connectivity index (χ3n) is 4.73. The van der Waals surface area contributed by atoms with Crippen molar-refractivity contribution in [1.29, 1.82) is 0 Å². The van der Waals surface area contributed by atoms with Crippen LogP contribution in [0.2, 0.25) is 0 Å². The molecule has 2 aromatic rings. The summed E-state index contributed by atoms with van der Waals surface area (Å²) in [6.07, 6.45) is 1.30. The van der Waals surface area contributed by atoms with Crippen LogP contribution in [0.15, 0.2) is 36.4 Å². The van der Waals surface area contributed by atoms with E-state index in [0.717, 1.165) is 38.1 Å². The smallest absolute Gasteiger partial charge is 0.184 e. The van der Waals surface area contributed by atoms with Gasteiger partial charge in [0, 0.05) is 11.6 Å². The Bertz CT molecular complexity index is 810. The first-order chi connectivity index (χ1) is 12.5. The summed E-state index contributed by atoms with van der Waals surface area (Å²) >= 11 is 0. The van der Waals surface area contributed by atoms with Crippen LogP contribution in [0, 0.1) is 17.6 Å². The molecule has 0 atom stereocenters. The fourth-order valence-corrected chi connectivity index (χ4v) is 3.21. The van der Waals surface area contributed by atoms with Crippen LogP contribution in [-0.2, 0) is 6.42 Å². The van der Waals surface area contributed by atoms with Crippen LogP contribution in [0.4, 0.5) is 8.78 Å². The normalized spacial score (nSPS) is 15.8. The number of Topliss-reactive ketones (excluding diaryl/α,β-unsaturated/α-hetero) is 2. The highest BCUT2D eigenvalue weighted by atomic mass is 19.1. The second-order valence-corrected chi connectivity index (χ2v) is 6.65. The molecule has 26 heavy (non-hydrogen) atoms. The van der Waals surface area contributed by atoms with Crippen LogP contribution < -0.4 is 0 Å². The minimum Gasteiger partial charge on any atom is -0.306 e. The SMILES string of the molecule is CN1CCC(C(=O)c2cccc(CC(=O)c3c(F)cccc3F)n2)CC1. The van der Waals surface area contributed by atoms with E-state index in [1.165, 1.54) is 6.07 Å². The van der Waals surface area contributed by atoms with Crippen LogP contribution in [-0.4, -0.2) is 41.6 Å². The van der Waals surface area contributed by atoms with Gasteiger partial charge >= 0.3 is 0 Å². The molecule has 1 saturated heterocycles. The minimum absolute atomic E-state index is 0.0375. The summed E-state index contributed by atoms with van der Waals surface area (Å²) in [4.78, 5) is 31.3. The Morgan fingerprint density at radius 1 is 1.08 bits per heavy atom. The Morgan fingerprint density at radius 2 is 1.69 bits per heavy atom. The van der Waals surface area contributed by atoms with Gasteiger partial charge in [-0.3, -0.25) is 9.59 Å². The molecule has 1 aliphatic rings. The fourth-order valence-electron chi connectivity index (χ4n) is 3.21. The molecule has 0 saturated carbocycles. The van der Waals surface area contributed by atoms with Crippen molar-refractivity contribution in [3.8, 4) is 0 Å². The first kappa shape index (κ1) is 18.3. The van der Waals surface area contributed by atoms with Gasteiger partial charge in [0.25, 0.3) is 0 Å². The van der Waals surface area contributed by atoms with E-state index in [1.807, 2.05) is 7.05 Å². The number of ketones is 2. The molecule has 0 spiro atoms. The molecule has 0 bridgehead atoms. The highest BCUT2D eigenvalue weighted by Crippen LogP contribution is 2.21. The summed E-state index contributed by atoms with van der Waals surface area (Å²) in [5.74, 6) is -2.60. The molecular formula is C20H20F2N2O2. The third kappa shape index (κ3) is 4.02. The number of benzene rings is 1. The van der Waals surface area contributed by atoms with Crippen molar-refractivity contribution in [2.75, 3.05) is 20.1 Å². The fraction of sp³-hybridized carbons (Fsp3) is 0.350. The Labute approximate surface area is 150 Å². The minimum atomic E-state index is -0.895. The van der Waals surface area contributed by atoms with Gasteiger partial charge in [0.15, 0.2) is 11.6 Å². The number of halogens is 2. The van der Waals surface area contributed by atoms with E-state index >= 15 is 0 Å². The molecular weight excluding hydrogens is 338 g/mol. The van der Waals surface area contributed by atoms with Crippen LogP contribution in [0.25, 0.3) is 0 Å². The van der Waals surface area contributed by atoms with Gasteiger partial charge in [-0.1, -0.05) is 12.1 Å². The van der Waals surface area contributed by atoms with Gasteiger partial charge in [0.05, 0.1) is 12.0 Å². The van der Waals surface area contributed by atoms with Crippen molar-refractivity contribution in [2.45, 2.75) is 19.3 Å². The molecule has 4 nitrogen and oxygen atoms in total. The highest BCUT2D eigenvalue weighted by Gasteiger charge is 2.25. The molecule has 1 aromatic carbocycles. The number of carbonyl (C=O) groups is 2. The average Bonchev–Trinajstić information content (AvgIpc) is 2.62. The lowest BCUT2D eigenvalue weighted by Crippen LogP contribution is -2.33. The van der Waals surface area contributed by atoms with E-state index in [0.29, 0.717) is 11.4 Å². The summed E-state index contributed by atoms with van der Waals surface area (Å²) in [6.45, 7) is 1.72. The summed E-state index contributed by atoms with van der Waals surface area (Å²) in [7, 11) is 2.02. The Morgan fingerprint density at radius 3 is 2.35 bits per heavy atom. The van der Waals surface area contributed by atoms with E-state index in [-0.39, 0.29) is 18.1 Å². The molecule has 2 heterocycles. The van der Waals surface area contributed by atoms with Crippen LogP contribution in [0.3, 0.4) is 0 Å². The largest absolute Gasteiger partial charge is 0.306 e. The Hall–Kier alpha value is -2.47. The lowest BCUT2D eigenvalue weighted by molar-refractivity contribution is 0.0850. The summed E-state index contributed by atoms with van der Waals surface area (Å²) in [5, 5.41) is 0. The average molecular weight is 358 g/mol. The number of piperidine rings is 1. The molecule has 1 aliphatic heterocycles. The summed E-state index contributed by atoms with van der Waals surface area (Å²) in [6, 6.07) is 8.16. The number of carbonyl (C=O) groups excluding carboxylic acids is 2. The van der Waals surface area contributed by atoms with E-state index in [1.54, 1.807) is 18.2 Å². The number of rotatable bonds is 5. The number of hydrogen-bond donors (Lipinski definition) is 0. The van der Waals surface area contributed by atoms with Gasteiger partial charge in [-0.25, -0.2) is 13.8 Å². The standard InChI is InChI=1S/C20H20F2N2O2/c1-24-10-8-13(9-11-24)20(26)17-7-2-4-14(23-17)12-18(25)19-15(21)5-3-6-16(19)22/h2-7,13H,8-12H2,1H3. The van der Waals surface area contributed by atoms with Gasteiger partial charge in [-0.05, 0) is 57.2 Å². The van der Waals surface area contributed by atoms with E-state index in [4.69, 9.17) is 0 Å². The van der Waals surface area contributed by atoms with E-state index in [9.17, 15) is 18.4 Å². The Balaban J connectivity index is 1.75. The summed E-state index contributed by atoms with van der Waals surface area (Å²) < 4.78 is 27.5. The number of nitrogens with zero attached hydrogens (tertiary/aromatic N) is 2. The Kier molecular flexibility index (Phi) is 5.52. The second-order valence-electron chi connectivity index (χ2n) is 6.65. The van der Waals surface area contributed by atoms with Crippen LogP contribution in [0.1, 0.15) is 39.4 Å². The molecule has 0 N–H and O–H groups in total. The quantitative estimate of drug-likeness (QED) is 0.770. The third-order valence-corrected chi connectivity index (χ3v) is 4.73. The molecule has 0 aliphatic carbocycles. The molecule has 0 amide bonds. The van der Waals surface area contributed by atoms with Gasteiger partial charge in [0.2, 0.25) is 0 Å². The molecule has 1 aromatic heterocycles. The van der Waals surface area contributed by atoms with Crippen LogP contribution >= 0.6 is 0 Å². The van der Waals surface area contributed by atoms with Crippen molar-refractivity contribution in [3.05, 3.63) is 65.0 Å². The number of aromatic nitrogens is 1. The van der Waals surface area contributed by atoms with Crippen molar-refractivity contribution in [2.24, 2.45) is 5.92 Å². The van der Waals surface area contributed by atoms with Gasteiger partial charge in [0.1, 0.15) is 17.3 Å². The van der Waals surface area contributed by atoms with Gasteiger partial charge < -0.3 is 4.90 Å². The zero-order valence-electron chi connectivity index (χ0n) is 14.5. The van der Waals surface area contributed by atoms with Crippen molar-refractivity contribution in [1.82, 2.24) is 9.88 Å².